The van der Waals surface area contributed by atoms with E-state index >= 15 is 0 Å². The molecule has 0 bridgehead atoms. The number of nitrogens with one attached hydrogen (secondary N) is 1. The van der Waals surface area contributed by atoms with Crippen LogP contribution in [-0.4, -0.2) is 10.9 Å². The van der Waals surface area contributed by atoms with Crippen LogP contribution < -0.4 is 5.32 Å². The summed E-state index contributed by atoms with van der Waals surface area (Å²) in [6.07, 6.45) is 1.73. The first-order valence-corrected chi connectivity index (χ1v) is 7.46. The molecule has 0 radical (unpaired) electrons. The second kappa shape index (κ2) is 5.54. The molecule has 0 atom stereocenters. The molecule has 3 nitrogen and oxygen atoms in total. The Morgan fingerprint density at radius 2 is 1.57 bits per heavy atom. The first-order chi connectivity index (χ1) is 11.3. The van der Waals surface area contributed by atoms with Crippen LogP contribution in [0.25, 0.3) is 21.7 Å². The van der Waals surface area contributed by atoms with Gasteiger partial charge in [-0.2, -0.15) is 0 Å². The molecule has 4 rings (SSSR count). The largest absolute Gasteiger partial charge is 0.321 e. The fourth-order valence-corrected chi connectivity index (χ4v) is 2.78. The van der Waals surface area contributed by atoms with E-state index in [4.69, 9.17) is 0 Å². The molecular weight excluding hydrogens is 284 g/mol. The maximum atomic E-state index is 12.4. The third-order valence-electron chi connectivity index (χ3n) is 3.92. The molecule has 1 N–H and O–H groups in total. The average Bonchev–Trinajstić information content (AvgIpc) is 2.62. The Balaban J connectivity index is 1.82. The number of benzene rings is 3. The molecule has 0 saturated heterocycles. The van der Waals surface area contributed by atoms with E-state index in [-0.39, 0.29) is 5.91 Å². The van der Waals surface area contributed by atoms with Crippen LogP contribution >= 0.6 is 0 Å². The van der Waals surface area contributed by atoms with Gasteiger partial charge >= 0.3 is 0 Å². The summed E-state index contributed by atoms with van der Waals surface area (Å²) in [6, 6.07) is 23.2. The first-order valence-electron chi connectivity index (χ1n) is 7.46. The summed E-state index contributed by atoms with van der Waals surface area (Å²) >= 11 is 0. The number of aromatic nitrogens is 1. The number of hydrogen-bond donors (Lipinski definition) is 1. The van der Waals surface area contributed by atoms with Gasteiger partial charge in [-0.1, -0.05) is 54.6 Å². The summed E-state index contributed by atoms with van der Waals surface area (Å²) in [5.74, 6) is -0.119. The summed E-state index contributed by atoms with van der Waals surface area (Å²) in [7, 11) is 0. The minimum atomic E-state index is -0.119. The summed E-state index contributed by atoms with van der Waals surface area (Å²) < 4.78 is 0. The van der Waals surface area contributed by atoms with E-state index in [0.717, 1.165) is 27.4 Å². The number of nitrogens with zero attached hydrogens (tertiary/aromatic N) is 1. The number of pyridine rings is 1. The van der Waals surface area contributed by atoms with Crippen molar-refractivity contribution in [2.24, 2.45) is 0 Å². The molecule has 1 heterocycles. The van der Waals surface area contributed by atoms with Crippen molar-refractivity contribution >= 4 is 33.3 Å². The van der Waals surface area contributed by atoms with Crippen molar-refractivity contribution in [2.45, 2.75) is 0 Å². The van der Waals surface area contributed by atoms with Crippen LogP contribution in [0.1, 0.15) is 10.4 Å². The molecule has 0 aliphatic heterocycles. The number of carbonyl (C=O) groups is 1. The molecule has 0 spiro atoms. The summed E-state index contributed by atoms with van der Waals surface area (Å²) in [5, 5.41) is 6.15. The van der Waals surface area contributed by atoms with Crippen molar-refractivity contribution in [3.8, 4) is 0 Å². The molecule has 0 aliphatic rings. The van der Waals surface area contributed by atoms with Crippen LogP contribution in [0.4, 0.5) is 5.69 Å². The van der Waals surface area contributed by atoms with Gasteiger partial charge in [-0.3, -0.25) is 9.78 Å². The lowest BCUT2D eigenvalue weighted by atomic mass is 10.1. The molecule has 1 amide bonds. The van der Waals surface area contributed by atoms with Crippen LogP contribution in [0, 0.1) is 0 Å². The molecular formula is C20H14N2O. The molecule has 110 valence electrons. The second-order valence-corrected chi connectivity index (χ2v) is 5.36. The lowest BCUT2D eigenvalue weighted by Crippen LogP contribution is -2.12. The number of anilines is 1. The Morgan fingerprint density at radius 3 is 2.43 bits per heavy atom. The maximum absolute atomic E-state index is 12.4. The van der Waals surface area contributed by atoms with E-state index in [1.807, 2.05) is 48.5 Å². The summed E-state index contributed by atoms with van der Waals surface area (Å²) in [6.45, 7) is 0. The van der Waals surface area contributed by atoms with Crippen LogP contribution in [0.15, 0.2) is 79.0 Å². The molecule has 0 fully saturated rings. The Labute approximate surface area is 133 Å². The number of hydrogen-bond acceptors (Lipinski definition) is 2. The Hall–Kier alpha value is -3.20. The van der Waals surface area contributed by atoms with Crippen LogP contribution in [0.2, 0.25) is 0 Å². The average molecular weight is 298 g/mol. The van der Waals surface area contributed by atoms with E-state index in [1.54, 1.807) is 18.3 Å². The smallest absolute Gasteiger partial charge is 0.255 e. The quantitative estimate of drug-likeness (QED) is 0.548. The van der Waals surface area contributed by atoms with Crippen molar-refractivity contribution in [1.82, 2.24) is 4.98 Å². The number of fused-ring (bicyclic) bond motifs is 3. The topological polar surface area (TPSA) is 42.0 Å². The van der Waals surface area contributed by atoms with Crippen LogP contribution in [0.5, 0.6) is 0 Å². The van der Waals surface area contributed by atoms with Gasteiger partial charge < -0.3 is 5.32 Å². The van der Waals surface area contributed by atoms with Gasteiger partial charge in [0.2, 0.25) is 0 Å². The van der Waals surface area contributed by atoms with Crippen LogP contribution in [0.3, 0.4) is 0 Å². The van der Waals surface area contributed by atoms with Gasteiger partial charge in [0.1, 0.15) is 0 Å². The zero-order valence-electron chi connectivity index (χ0n) is 12.4. The normalized spacial score (nSPS) is 10.8. The number of amides is 1. The van der Waals surface area contributed by atoms with Crippen molar-refractivity contribution in [3.05, 3.63) is 84.6 Å². The zero-order valence-corrected chi connectivity index (χ0v) is 12.4. The predicted octanol–water partition coefficient (Wildman–Crippen LogP) is 4.64. The highest BCUT2D eigenvalue weighted by Crippen LogP contribution is 2.28. The Morgan fingerprint density at radius 1 is 0.783 bits per heavy atom. The van der Waals surface area contributed by atoms with E-state index < -0.39 is 0 Å². The molecule has 0 unspecified atom stereocenters. The Kier molecular flexibility index (Phi) is 3.24. The van der Waals surface area contributed by atoms with Crippen molar-refractivity contribution in [2.75, 3.05) is 5.32 Å². The van der Waals surface area contributed by atoms with Gasteiger partial charge in [0.05, 0.1) is 11.2 Å². The molecule has 0 aliphatic carbocycles. The van der Waals surface area contributed by atoms with Crippen molar-refractivity contribution < 1.29 is 4.79 Å². The van der Waals surface area contributed by atoms with Gasteiger partial charge in [-0.05, 0) is 23.6 Å². The molecule has 1 aromatic heterocycles. The molecule has 4 aromatic rings. The van der Waals surface area contributed by atoms with Gasteiger partial charge in [0, 0.05) is 22.5 Å². The summed E-state index contributed by atoms with van der Waals surface area (Å²) in [4.78, 5) is 16.9. The lowest BCUT2D eigenvalue weighted by Gasteiger charge is -2.10. The molecule has 0 saturated carbocycles. The van der Waals surface area contributed by atoms with Gasteiger partial charge in [-0.25, -0.2) is 0 Å². The predicted molar refractivity (Wildman–Crippen MR) is 93.6 cm³/mol. The molecule has 3 aromatic carbocycles. The van der Waals surface area contributed by atoms with Gasteiger partial charge in [0.15, 0.2) is 0 Å². The monoisotopic (exact) mass is 298 g/mol. The number of carbonyl (C=O) groups excluding carboxylic acids is 1. The van der Waals surface area contributed by atoms with E-state index in [2.05, 4.69) is 22.4 Å². The third kappa shape index (κ3) is 2.42. The molecule has 3 heteroatoms. The van der Waals surface area contributed by atoms with E-state index in [1.165, 1.54) is 0 Å². The summed E-state index contributed by atoms with van der Waals surface area (Å²) in [5.41, 5.74) is 2.31. The van der Waals surface area contributed by atoms with E-state index in [0.29, 0.717) is 5.56 Å². The zero-order chi connectivity index (χ0) is 15.6. The second-order valence-electron chi connectivity index (χ2n) is 5.36. The third-order valence-corrected chi connectivity index (χ3v) is 3.92. The van der Waals surface area contributed by atoms with Crippen LogP contribution in [-0.2, 0) is 0 Å². The fraction of sp³-hybridized carbons (Fsp3) is 0. The maximum Gasteiger partial charge on any atom is 0.255 e. The van der Waals surface area contributed by atoms with Crippen molar-refractivity contribution in [1.29, 1.82) is 0 Å². The standard InChI is InChI=1S/C20H14N2O/c23-20(15-7-2-1-3-8-15)22-18-12-13-21-19-16-9-5-4-6-14(16)10-11-17(18)19/h1-13H,(H,21,22,23). The number of rotatable bonds is 2. The molecule has 23 heavy (non-hydrogen) atoms. The highest BCUT2D eigenvalue weighted by Gasteiger charge is 2.09. The fourth-order valence-electron chi connectivity index (χ4n) is 2.78. The SMILES string of the molecule is O=C(Nc1ccnc2c1ccc1ccccc12)c1ccccc1. The highest BCUT2D eigenvalue weighted by atomic mass is 16.1. The van der Waals surface area contributed by atoms with Gasteiger partial charge in [0.25, 0.3) is 5.91 Å². The van der Waals surface area contributed by atoms with Gasteiger partial charge in [-0.15, -0.1) is 0 Å². The Bertz CT molecular complexity index is 1010. The lowest BCUT2D eigenvalue weighted by molar-refractivity contribution is 0.102. The minimum Gasteiger partial charge on any atom is -0.321 e. The van der Waals surface area contributed by atoms with Crippen molar-refractivity contribution in [3.63, 3.8) is 0 Å². The van der Waals surface area contributed by atoms with E-state index in [9.17, 15) is 4.79 Å². The first kappa shape index (κ1) is 13.5. The minimum absolute atomic E-state index is 0.119. The highest BCUT2D eigenvalue weighted by molar-refractivity contribution is 6.13.